The van der Waals surface area contributed by atoms with Crippen molar-refractivity contribution in [2.45, 2.75) is 32.2 Å². The van der Waals surface area contributed by atoms with Gasteiger partial charge in [0.05, 0.1) is 13.2 Å². The Morgan fingerprint density at radius 2 is 2.30 bits per heavy atom. The van der Waals surface area contributed by atoms with Crippen LogP contribution in [0.4, 0.5) is 5.69 Å². The van der Waals surface area contributed by atoms with Crippen molar-refractivity contribution in [3.05, 3.63) is 28.8 Å². The van der Waals surface area contributed by atoms with E-state index in [1.165, 1.54) is 0 Å². The predicted molar refractivity (Wildman–Crippen MR) is 81.1 cm³/mol. The molecule has 1 aliphatic heterocycles. The number of amides is 1. The summed E-state index contributed by atoms with van der Waals surface area (Å²) in [6.45, 7) is 3.18. The highest BCUT2D eigenvalue weighted by Gasteiger charge is 2.23. The minimum atomic E-state index is -0.0595. The van der Waals surface area contributed by atoms with Crippen molar-refractivity contribution in [1.82, 2.24) is 4.90 Å². The minimum absolute atomic E-state index is 0.0595. The Morgan fingerprint density at radius 3 is 3.05 bits per heavy atom. The van der Waals surface area contributed by atoms with Gasteiger partial charge in [-0.1, -0.05) is 24.1 Å². The summed E-state index contributed by atoms with van der Waals surface area (Å²) >= 11 is 6.04. The molecule has 4 nitrogen and oxygen atoms in total. The van der Waals surface area contributed by atoms with Gasteiger partial charge in [0.2, 0.25) is 5.91 Å². The first-order chi connectivity index (χ1) is 9.61. The third-order valence-corrected chi connectivity index (χ3v) is 4.26. The van der Waals surface area contributed by atoms with Crippen molar-refractivity contribution in [3.8, 4) is 0 Å². The number of likely N-dealkylation sites (tertiary alicyclic amines) is 1. The zero-order chi connectivity index (χ0) is 14.5. The number of carbonyl (C=O) groups excluding carboxylic acids is 1. The quantitative estimate of drug-likeness (QED) is 0.897. The smallest absolute Gasteiger partial charge is 0.238 e. The fraction of sp³-hybridized carbons (Fsp3) is 0.533. The van der Waals surface area contributed by atoms with Gasteiger partial charge in [-0.3, -0.25) is 9.69 Å². The van der Waals surface area contributed by atoms with Gasteiger partial charge in [-0.15, -0.1) is 0 Å². The molecule has 1 amide bonds. The molecule has 0 radical (unpaired) electrons. The molecule has 1 unspecified atom stereocenters. The van der Waals surface area contributed by atoms with Gasteiger partial charge in [-0.2, -0.15) is 0 Å². The highest BCUT2D eigenvalue weighted by atomic mass is 35.5. The monoisotopic (exact) mass is 296 g/mol. The van der Waals surface area contributed by atoms with Gasteiger partial charge < -0.3 is 10.4 Å². The summed E-state index contributed by atoms with van der Waals surface area (Å²) in [5, 5.41) is 12.9. The maximum absolute atomic E-state index is 12.1. The van der Waals surface area contributed by atoms with Crippen LogP contribution in [0.2, 0.25) is 5.02 Å². The number of carbonyl (C=O) groups is 1. The molecule has 1 atom stereocenters. The molecule has 20 heavy (non-hydrogen) atoms. The Labute approximate surface area is 124 Å². The summed E-state index contributed by atoms with van der Waals surface area (Å²) in [5.41, 5.74) is 1.62. The highest BCUT2D eigenvalue weighted by Crippen LogP contribution is 2.23. The van der Waals surface area contributed by atoms with Gasteiger partial charge in [-0.05, 0) is 44.0 Å². The van der Waals surface area contributed by atoms with Gasteiger partial charge >= 0.3 is 0 Å². The summed E-state index contributed by atoms with van der Waals surface area (Å²) in [4.78, 5) is 14.2. The Kier molecular flexibility index (Phi) is 5.40. The van der Waals surface area contributed by atoms with Gasteiger partial charge in [0.15, 0.2) is 0 Å². The molecular formula is C15H21ClN2O2. The fourth-order valence-electron chi connectivity index (χ4n) is 2.59. The lowest BCUT2D eigenvalue weighted by atomic mass is 10.0. The van der Waals surface area contributed by atoms with E-state index in [0.29, 0.717) is 11.6 Å². The van der Waals surface area contributed by atoms with Crippen molar-refractivity contribution in [2.75, 3.05) is 25.0 Å². The first-order valence-corrected chi connectivity index (χ1v) is 7.39. The number of halogens is 1. The second-order valence-corrected chi connectivity index (χ2v) is 5.67. The second-order valence-electron chi connectivity index (χ2n) is 5.26. The van der Waals surface area contributed by atoms with E-state index in [1.807, 2.05) is 19.1 Å². The first kappa shape index (κ1) is 15.3. The second kappa shape index (κ2) is 7.07. The molecule has 1 heterocycles. The molecule has 2 rings (SSSR count). The molecule has 0 aromatic heterocycles. The fourth-order valence-corrected chi connectivity index (χ4v) is 2.77. The Hall–Kier alpha value is -1.10. The zero-order valence-corrected chi connectivity index (χ0v) is 12.5. The van der Waals surface area contributed by atoms with E-state index in [2.05, 4.69) is 10.2 Å². The lowest BCUT2D eigenvalue weighted by Gasteiger charge is -2.33. The maximum atomic E-state index is 12.1. The van der Waals surface area contributed by atoms with Crippen LogP contribution < -0.4 is 5.32 Å². The summed E-state index contributed by atoms with van der Waals surface area (Å²) in [5.74, 6) is -0.0595. The topological polar surface area (TPSA) is 52.6 Å². The summed E-state index contributed by atoms with van der Waals surface area (Å²) in [7, 11) is 0. The van der Waals surface area contributed by atoms with E-state index in [4.69, 9.17) is 11.6 Å². The highest BCUT2D eigenvalue weighted by molar-refractivity contribution is 6.31. The van der Waals surface area contributed by atoms with E-state index in [1.54, 1.807) is 6.07 Å². The van der Waals surface area contributed by atoms with Crippen LogP contribution in [0, 0.1) is 6.92 Å². The van der Waals surface area contributed by atoms with Gasteiger partial charge in [0, 0.05) is 16.8 Å². The van der Waals surface area contributed by atoms with E-state index in [0.717, 1.165) is 37.1 Å². The predicted octanol–water partition coefficient (Wildman–Crippen LogP) is 2.43. The molecule has 1 aliphatic rings. The lowest BCUT2D eigenvalue weighted by Crippen LogP contribution is -2.45. The maximum Gasteiger partial charge on any atom is 0.238 e. The van der Waals surface area contributed by atoms with Gasteiger partial charge in [0.1, 0.15) is 0 Å². The van der Waals surface area contributed by atoms with E-state index in [-0.39, 0.29) is 18.6 Å². The van der Waals surface area contributed by atoms with Crippen molar-refractivity contribution in [3.63, 3.8) is 0 Å². The SMILES string of the molecule is Cc1c(Cl)cccc1NC(=O)CN1CCCCC1CO. The standard InChI is InChI=1S/C15H21ClN2O2/c1-11-13(16)6-4-7-14(11)17-15(20)9-18-8-3-2-5-12(18)10-19/h4,6-7,12,19H,2-3,5,8-10H2,1H3,(H,17,20). The van der Waals surface area contributed by atoms with Crippen LogP contribution in [0.1, 0.15) is 24.8 Å². The first-order valence-electron chi connectivity index (χ1n) is 7.01. The van der Waals surface area contributed by atoms with Crippen LogP contribution in [0.25, 0.3) is 0 Å². The molecule has 0 aliphatic carbocycles. The van der Waals surface area contributed by atoms with Gasteiger partial charge in [0.25, 0.3) is 0 Å². The van der Waals surface area contributed by atoms with E-state index in [9.17, 15) is 9.90 Å². The minimum Gasteiger partial charge on any atom is -0.395 e. The lowest BCUT2D eigenvalue weighted by molar-refractivity contribution is -0.118. The molecular weight excluding hydrogens is 276 g/mol. The number of aliphatic hydroxyl groups excluding tert-OH is 1. The number of aliphatic hydroxyl groups is 1. The molecule has 1 fully saturated rings. The van der Waals surface area contributed by atoms with Crippen molar-refractivity contribution in [2.24, 2.45) is 0 Å². The normalized spacial score (nSPS) is 19.9. The number of piperidine rings is 1. The molecule has 1 saturated heterocycles. The Morgan fingerprint density at radius 1 is 1.50 bits per heavy atom. The molecule has 0 spiro atoms. The average Bonchev–Trinajstić information content (AvgIpc) is 2.44. The number of hydrogen-bond acceptors (Lipinski definition) is 3. The molecule has 110 valence electrons. The van der Waals surface area contributed by atoms with Gasteiger partial charge in [-0.25, -0.2) is 0 Å². The number of benzene rings is 1. The van der Waals surface area contributed by atoms with Crippen LogP contribution in [0.15, 0.2) is 18.2 Å². The average molecular weight is 297 g/mol. The molecule has 5 heteroatoms. The Bertz CT molecular complexity index is 479. The van der Waals surface area contributed by atoms with E-state index >= 15 is 0 Å². The number of rotatable bonds is 4. The zero-order valence-electron chi connectivity index (χ0n) is 11.7. The Balaban J connectivity index is 1.96. The molecule has 1 aromatic carbocycles. The summed E-state index contributed by atoms with van der Waals surface area (Å²) < 4.78 is 0. The molecule has 0 bridgehead atoms. The summed E-state index contributed by atoms with van der Waals surface area (Å²) in [6.07, 6.45) is 3.16. The van der Waals surface area contributed by atoms with Crippen molar-refractivity contribution < 1.29 is 9.90 Å². The van der Waals surface area contributed by atoms with Crippen molar-refractivity contribution >= 4 is 23.2 Å². The third kappa shape index (κ3) is 3.72. The number of nitrogens with one attached hydrogen (secondary N) is 1. The van der Waals surface area contributed by atoms with E-state index < -0.39 is 0 Å². The summed E-state index contributed by atoms with van der Waals surface area (Å²) in [6, 6.07) is 5.58. The number of anilines is 1. The van der Waals surface area contributed by atoms with Crippen LogP contribution in [0.3, 0.4) is 0 Å². The third-order valence-electron chi connectivity index (χ3n) is 3.85. The van der Waals surface area contributed by atoms with Crippen LogP contribution in [-0.4, -0.2) is 41.7 Å². The molecule has 1 aromatic rings. The largest absolute Gasteiger partial charge is 0.395 e. The van der Waals surface area contributed by atoms with Crippen LogP contribution in [-0.2, 0) is 4.79 Å². The van der Waals surface area contributed by atoms with Crippen LogP contribution >= 0.6 is 11.6 Å². The molecule has 0 saturated carbocycles. The molecule has 2 N–H and O–H groups in total. The number of nitrogens with zero attached hydrogens (tertiary/aromatic N) is 1. The van der Waals surface area contributed by atoms with Crippen LogP contribution in [0.5, 0.6) is 0 Å². The number of hydrogen-bond donors (Lipinski definition) is 2. The van der Waals surface area contributed by atoms with Crippen molar-refractivity contribution in [1.29, 1.82) is 0 Å².